The quantitative estimate of drug-likeness (QED) is 0.895. The molecule has 2 heterocycles. The maximum absolute atomic E-state index is 12.5. The van der Waals surface area contributed by atoms with Crippen LogP contribution in [0.15, 0.2) is 12.4 Å². The van der Waals surface area contributed by atoms with Crippen LogP contribution in [-0.2, 0) is 5.54 Å². The Morgan fingerprint density at radius 2 is 1.95 bits per heavy atom. The number of β-amino-alcohol motifs (C(OH)–C–C–N with tert-alkyl or cyclic N) is 1. The van der Waals surface area contributed by atoms with Crippen molar-refractivity contribution >= 4 is 5.91 Å². The molecule has 1 aromatic heterocycles. The summed E-state index contributed by atoms with van der Waals surface area (Å²) in [4.78, 5) is 16.5. The molecule has 1 aliphatic rings. The summed E-state index contributed by atoms with van der Waals surface area (Å²) in [6.07, 6.45) is 3.15. The van der Waals surface area contributed by atoms with Gasteiger partial charge in [0.05, 0.1) is 23.4 Å². The van der Waals surface area contributed by atoms with Gasteiger partial charge in [0.15, 0.2) is 0 Å². The Hall–Kier alpha value is -1.40. The maximum atomic E-state index is 12.5. The van der Waals surface area contributed by atoms with Gasteiger partial charge in [0, 0.05) is 38.9 Å². The van der Waals surface area contributed by atoms with E-state index in [-0.39, 0.29) is 17.6 Å². The summed E-state index contributed by atoms with van der Waals surface area (Å²) in [6.45, 7) is 11.7. The molecule has 21 heavy (non-hydrogen) atoms. The molecular weight excluding hydrogens is 268 g/mol. The third-order valence-electron chi connectivity index (χ3n) is 3.70. The second-order valence-electron chi connectivity index (χ2n) is 6.79. The molecule has 0 aromatic carbocycles. The van der Waals surface area contributed by atoms with Crippen LogP contribution in [-0.4, -0.2) is 69.4 Å². The fourth-order valence-electron chi connectivity index (χ4n) is 2.49. The van der Waals surface area contributed by atoms with Crippen molar-refractivity contribution in [1.29, 1.82) is 0 Å². The lowest BCUT2D eigenvalue weighted by Crippen LogP contribution is -2.50. The second kappa shape index (κ2) is 6.15. The molecule has 1 aromatic rings. The fraction of sp³-hybridized carbons (Fsp3) is 0.733. The smallest absolute Gasteiger partial charge is 0.257 e. The first-order valence-electron chi connectivity index (χ1n) is 7.52. The van der Waals surface area contributed by atoms with Crippen LogP contribution in [0.4, 0.5) is 0 Å². The van der Waals surface area contributed by atoms with Crippen molar-refractivity contribution in [2.75, 3.05) is 32.7 Å². The summed E-state index contributed by atoms with van der Waals surface area (Å²) in [5.41, 5.74) is 0.531. The number of hydrogen-bond donors (Lipinski definition) is 1. The summed E-state index contributed by atoms with van der Waals surface area (Å²) in [6, 6.07) is 0. The predicted molar refractivity (Wildman–Crippen MR) is 81.2 cm³/mol. The van der Waals surface area contributed by atoms with E-state index in [0.717, 1.165) is 13.1 Å². The van der Waals surface area contributed by atoms with Gasteiger partial charge in [-0.05, 0) is 27.7 Å². The molecule has 1 N–H and O–H groups in total. The molecule has 6 nitrogen and oxygen atoms in total. The number of aliphatic hydroxyl groups excluding tert-OH is 1. The van der Waals surface area contributed by atoms with Crippen LogP contribution in [0.25, 0.3) is 0 Å². The van der Waals surface area contributed by atoms with Crippen molar-refractivity contribution in [3.05, 3.63) is 18.0 Å². The largest absolute Gasteiger partial charge is 0.392 e. The van der Waals surface area contributed by atoms with Crippen LogP contribution in [0.3, 0.4) is 0 Å². The summed E-state index contributed by atoms with van der Waals surface area (Å²) >= 11 is 0. The van der Waals surface area contributed by atoms with Crippen molar-refractivity contribution in [3.63, 3.8) is 0 Å². The van der Waals surface area contributed by atoms with Crippen LogP contribution in [0.2, 0.25) is 0 Å². The third kappa shape index (κ3) is 4.04. The number of carbonyl (C=O) groups excluding carboxylic acids is 1. The van der Waals surface area contributed by atoms with E-state index in [9.17, 15) is 9.90 Å². The van der Waals surface area contributed by atoms with Gasteiger partial charge in [-0.2, -0.15) is 5.10 Å². The Morgan fingerprint density at radius 1 is 1.33 bits per heavy atom. The van der Waals surface area contributed by atoms with Crippen molar-refractivity contribution in [1.82, 2.24) is 19.6 Å². The topological polar surface area (TPSA) is 61.6 Å². The van der Waals surface area contributed by atoms with Crippen LogP contribution in [0, 0.1) is 0 Å². The van der Waals surface area contributed by atoms with Crippen LogP contribution >= 0.6 is 0 Å². The predicted octanol–water partition coefficient (Wildman–Crippen LogP) is 0.777. The van der Waals surface area contributed by atoms with E-state index >= 15 is 0 Å². The lowest BCUT2D eigenvalue weighted by Gasteiger charge is -2.35. The molecule has 6 heteroatoms. The monoisotopic (exact) mass is 294 g/mol. The molecule has 118 valence electrons. The average molecular weight is 294 g/mol. The number of rotatable bonds is 3. The zero-order valence-corrected chi connectivity index (χ0v) is 13.4. The molecule has 0 bridgehead atoms. The van der Waals surface area contributed by atoms with E-state index in [2.05, 4.69) is 30.8 Å². The zero-order chi connectivity index (χ0) is 15.6. The maximum Gasteiger partial charge on any atom is 0.257 e. The Bertz CT molecular complexity index is 482. The first kappa shape index (κ1) is 16.0. The van der Waals surface area contributed by atoms with E-state index in [1.165, 1.54) is 0 Å². The highest BCUT2D eigenvalue weighted by atomic mass is 16.3. The SMILES string of the molecule is C[C@@H](O)CN1CCN(C(=O)c2cnn(C(C)(C)C)c2)CC1. The molecule has 1 aliphatic heterocycles. The van der Waals surface area contributed by atoms with Gasteiger partial charge in [-0.3, -0.25) is 14.4 Å². The minimum atomic E-state index is -0.322. The van der Waals surface area contributed by atoms with E-state index in [1.54, 1.807) is 13.1 Å². The van der Waals surface area contributed by atoms with Crippen molar-refractivity contribution in [2.24, 2.45) is 0 Å². The van der Waals surface area contributed by atoms with Gasteiger partial charge in [-0.25, -0.2) is 0 Å². The molecule has 0 unspecified atom stereocenters. The molecule has 1 saturated heterocycles. The molecule has 1 atom stereocenters. The molecule has 0 aliphatic carbocycles. The first-order chi connectivity index (χ1) is 9.77. The Balaban J connectivity index is 1.94. The van der Waals surface area contributed by atoms with E-state index in [0.29, 0.717) is 25.2 Å². The molecule has 1 fully saturated rings. The number of hydrogen-bond acceptors (Lipinski definition) is 4. The van der Waals surface area contributed by atoms with Gasteiger partial charge < -0.3 is 10.0 Å². The van der Waals surface area contributed by atoms with Crippen molar-refractivity contribution in [3.8, 4) is 0 Å². The molecule has 0 radical (unpaired) electrons. The Labute approximate surface area is 126 Å². The summed E-state index contributed by atoms with van der Waals surface area (Å²) < 4.78 is 1.82. The summed E-state index contributed by atoms with van der Waals surface area (Å²) in [7, 11) is 0. The van der Waals surface area contributed by atoms with Gasteiger partial charge in [0.2, 0.25) is 0 Å². The Kier molecular flexibility index (Phi) is 4.68. The second-order valence-corrected chi connectivity index (χ2v) is 6.79. The van der Waals surface area contributed by atoms with Gasteiger partial charge in [-0.15, -0.1) is 0 Å². The lowest BCUT2D eigenvalue weighted by molar-refractivity contribution is 0.0554. The summed E-state index contributed by atoms with van der Waals surface area (Å²) in [5.74, 6) is 0.0437. The number of aromatic nitrogens is 2. The molecule has 1 amide bonds. The summed E-state index contributed by atoms with van der Waals surface area (Å²) in [5, 5.41) is 13.7. The highest BCUT2D eigenvalue weighted by Crippen LogP contribution is 2.15. The lowest BCUT2D eigenvalue weighted by atomic mass is 10.1. The van der Waals surface area contributed by atoms with Crippen LogP contribution in [0.5, 0.6) is 0 Å². The average Bonchev–Trinajstić information content (AvgIpc) is 2.87. The van der Waals surface area contributed by atoms with E-state index < -0.39 is 0 Å². The number of amides is 1. The standard InChI is InChI=1S/C15H26N4O2/c1-12(20)10-17-5-7-18(8-6-17)14(21)13-9-16-19(11-13)15(2,3)4/h9,11-12,20H,5-8,10H2,1-4H3/t12-/m1/s1. The van der Waals surface area contributed by atoms with E-state index in [1.807, 2.05) is 15.8 Å². The van der Waals surface area contributed by atoms with Gasteiger partial charge >= 0.3 is 0 Å². The number of aliphatic hydroxyl groups is 1. The molecule has 2 rings (SSSR count). The fourth-order valence-corrected chi connectivity index (χ4v) is 2.49. The number of nitrogens with zero attached hydrogens (tertiary/aromatic N) is 4. The number of piperazine rings is 1. The van der Waals surface area contributed by atoms with Gasteiger partial charge in [0.25, 0.3) is 5.91 Å². The highest BCUT2D eigenvalue weighted by molar-refractivity contribution is 5.93. The first-order valence-corrected chi connectivity index (χ1v) is 7.52. The van der Waals surface area contributed by atoms with Crippen molar-refractivity contribution in [2.45, 2.75) is 39.3 Å². The van der Waals surface area contributed by atoms with Gasteiger partial charge in [-0.1, -0.05) is 0 Å². The number of carbonyl (C=O) groups is 1. The van der Waals surface area contributed by atoms with Crippen molar-refractivity contribution < 1.29 is 9.90 Å². The minimum Gasteiger partial charge on any atom is -0.392 e. The molecule has 0 spiro atoms. The normalized spacial score (nSPS) is 18.8. The minimum absolute atomic E-state index is 0.0437. The zero-order valence-electron chi connectivity index (χ0n) is 13.4. The highest BCUT2D eigenvalue weighted by Gasteiger charge is 2.24. The molecular formula is C15H26N4O2. The Morgan fingerprint density at radius 3 is 2.43 bits per heavy atom. The third-order valence-corrected chi connectivity index (χ3v) is 3.70. The van der Waals surface area contributed by atoms with Crippen LogP contribution in [0.1, 0.15) is 38.1 Å². The van der Waals surface area contributed by atoms with Gasteiger partial charge in [0.1, 0.15) is 0 Å². The molecule has 0 saturated carbocycles. The van der Waals surface area contributed by atoms with Crippen LogP contribution < -0.4 is 0 Å². The van der Waals surface area contributed by atoms with E-state index in [4.69, 9.17) is 0 Å².